The van der Waals surface area contributed by atoms with Crippen LogP contribution < -0.4 is 15.2 Å². The van der Waals surface area contributed by atoms with Crippen molar-refractivity contribution >= 4 is 40.1 Å². The van der Waals surface area contributed by atoms with Crippen molar-refractivity contribution < 1.29 is 9.47 Å². The number of ether oxygens (including phenoxy) is 2. The third-order valence-electron chi connectivity index (χ3n) is 4.32. The topological polar surface area (TPSA) is 110 Å². The van der Waals surface area contributed by atoms with E-state index in [2.05, 4.69) is 15.2 Å². The molecule has 3 N–H and O–H groups in total. The molecule has 0 aliphatic rings. The highest BCUT2D eigenvalue weighted by Gasteiger charge is 2.13. The lowest BCUT2D eigenvalue weighted by atomic mass is 10.2. The molecule has 0 aliphatic carbocycles. The molecule has 9 heteroatoms. The smallest absolute Gasteiger partial charge is 0.183 e. The van der Waals surface area contributed by atoms with Crippen LogP contribution in [0.4, 0.5) is 5.82 Å². The number of nitrogens with two attached hydrogens (primary N) is 1. The molecule has 7 nitrogen and oxygen atoms in total. The van der Waals surface area contributed by atoms with Gasteiger partial charge in [-0.2, -0.15) is 10.4 Å². The Hall–Kier alpha value is -3.47. The number of nitrogens with zero attached hydrogens (tertiary/aromatic N) is 3. The van der Waals surface area contributed by atoms with Crippen molar-refractivity contribution in [2.75, 3.05) is 5.73 Å². The average Bonchev–Trinajstić information content (AvgIpc) is 3.11. The standard InChI is InChI=1S/C21H15Cl2N5O2/c1-11-4-14(29-10-17-16-2-3-19(25)26-21(16)28-27-17)8-18(20(11)23)30-15-6-12(9-24)5-13(22)7-15/h2-8H,10H2,1H3,(H3,25,26,27,28). The molecule has 0 saturated heterocycles. The van der Waals surface area contributed by atoms with Gasteiger partial charge in [-0.1, -0.05) is 23.2 Å². The zero-order chi connectivity index (χ0) is 21.3. The van der Waals surface area contributed by atoms with Gasteiger partial charge in [-0.15, -0.1) is 0 Å². The number of rotatable bonds is 5. The maximum Gasteiger partial charge on any atom is 0.183 e. The van der Waals surface area contributed by atoms with E-state index < -0.39 is 0 Å². The summed E-state index contributed by atoms with van der Waals surface area (Å²) in [5.41, 5.74) is 8.14. The lowest BCUT2D eigenvalue weighted by molar-refractivity contribution is 0.301. The van der Waals surface area contributed by atoms with Gasteiger partial charge in [-0.25, -0.2) is 4.98 Å². The Bertz CT molecular complexity index is 1300. The molecule has 0 amide bonds. The first-order valence-electron chi connectivity index (χ1n) is 8.84. The summed E-state index contributed by atoms with van der Waals surface area (Å²) in [7, 11) is 0. The Morgan fingerprint density at radius 2 is 1.97 bits per heavy atom. The molecule has 0 spiro atoms. The van der Waals surface area contributed by atoms with Crippen LogP contribution in [0.1, 0.15) is 16.8 Å². The molecular formula is C21H15Cl2N5O2. The van der Waals surface area contributed by atoms with Crippen LogP contribution in [0.3, 0.4) is 0 Å². The van der Waals surface area contributed by atoms with E-state index in [0.29, 0.717) is 44.3 Å². The van der Waals surface area contributed by atoms with E-state index in [1.807, 2.05) is 25.1 Å². The summed E-state index contributed by atoms with van der Waals surface area (Å²) in [6.45, 7) is 2.08. The number of nitrogens with one attached hydrogen (secondary N) is 1. The fourth-order valence-electron chi connectivity index (χ4n) is 2.91. The number of H-pyrrole nitrogens is 1. The van der Waals surface area contributed by atoms with E-state index in [1.54, 1.807) is 30.3 Å². The minimum absolute atomic E-state index is 0.234. The van der Waals surface area contributed by atoms with E-state index in [-0.39, 0.29) is 6.61 Å². The van der Waals surface area contributed by atoms with Gasteiger partial charge >= 0.3 is 0 Å². The number of pyridine rings is 1. The molecule has 0 unspecified atom stereocenters. The maximum absolute atomic E-state index is 9.12. The Kier molecular flexibility index (Phi) is 5.36. The van der Waals surface area contributed by atoms with E-state index in [0.717, 1.165) is 16.6 Å². The molecular weight excluding hydrogens is 425 g/mol. The third kappa shape index (κ3) is 4.10. The zero-order valence-corrected chi connectivity index (χ0v) is 17.3. The maximum atomic E-state index is 9.12. The van der Waals surface area contributed by atoms with Gasteiger partial charge < -0.3 is 15.2 Å². The molecule has 2 heterocycles. The first-order chi connectivity index (χ1) is 14.4. The molecule has 150 valence electrons. The summed E-state index contributed by atoms with van der Waals surface area (Å²) in [6.07, 6.45) is 0. The van der Waals surface area contributed by atoms with Crippen molar-refractivity contribution in [1.82, 2.24) is 15.2 Å². The van der Waals surface area contributed by atoms with Crippen LogP contribution in [0.2, 0.25) is 10.0 Å². The minimum atomic E-state index is 0.234. The number of anilines is 1. The Morgan fingerprint density at radius 3 is 2.77 bits per heavy atom. The predicted octanol–water partition coefficient (Wildman–Crippen LogP) is 5.40. The molecule has 0 saturated carbocycles. The SMILES string of the molecule is Cc1cc(OCc2[nH]nc3nc(N)ccc23)cc(Oc2cc(Cl)cc(C#N)c2)c1Cl. The molecule has 0 radical (unpaired) electrons. The number of aryl methyl sites for hydroxylation is 1. The number of nitriles is 1. The molecule has 2 aromatic heterocycles. The molecule has 30 heavy (non-hydrogen) atoms. The van der Waals surface area contributed by atoms with Crippen molar-refractivity contribution in [1.29, 1.82) is 5.26 Å². The number of nitrogen functional groups attached to an aromatic ring is 1. The Labute approximate surface area is 182 Å². The number of hydrogen-bond acceptors (Lipinski definition) is 6. The zero-order valence-electron chi connectivity index (χ0n) is 15.7. The molecule has 0 bridgehead atoms. The molecule has 0 aliphatic heterocycles. The van der Waals surface area contributed by atoms with Gasteiger partial charge in [0.25, 0.3) is 0 Å². The molecule has 0 fully saturated rings. The van der Waals surface area contributed by atoms with Gasteiger partial charge in [0.05, 0.1) is 22.3 Å². The van der Waals surface area contributed by atoms with Crippen molar-refractivity contribution in [2.24, 2.45) is 0 Å². The van der Waals surface area contributed by atoms with Gasteiger partial charge in [0.1, 0.15) is 29.7 Å². The van der Waals surface area contributed by atoms with E-state index in [9.17, 15) is 0 Å². The summed E-state index contributed by atoms with van der Waals surface area (Å²) in [5, 5.41) is 17.8. The van der Waals surface area contributed by atoms with Crippen LogP contribution in [-0.2, 0) is 6.61 Å². The van der Waals surface area contributed by atoms with Crippen molar-refractivity contribution in [3.8, 4) is 23.3 Å². The normalized spacial score (nSPS) is 10.7. The van der Waals surface area contributed by atoms with Crippen LogP contribution in [-0.4, -0.2) is 15.2 Å². The van der Waals surface area contributed by atoms with Crippen LogP contribution in [0.25, 0.3) is 11.0 Å². The molecule has 2 aromatic carbocycles. The highest BCUT2D eigenvalue weighted by Crippen LogP contribution is 2.37. The minimum Gasteiger partial charge on any atom is -0.487 e. The van der Waals surface area contributed by atoms with Crippen LogP contribution in [0.5, 0.6) is 17.2 Å². The summed E-state index contributed by atoms with van der Waals surface area (Å²) in [5.74, 6) is 1.75. The summed E-state index contributed by atoms with van der Waals surface area (Å²) >= 11 is 12.5. The second-order valence-electron chi connectivity index (χ2n) is 6.54. The van der Waals surface area contributed by atoms with Crippen LogP contribution in [0.15, 0.2) is 42.5 Å². The monoisotopic (exact) mass is 439 g/mol. The summed E-state index contributed by atoms with van der Waals surface area (Å²) < 4.78 is 11.8. The molecule has 0 atom stereocenters. The summed E-state index contributed by atoms with van der Waals surface area (Å²) in [6, 6.07) is 13.8. The number of halogens is 2. The second-order valence-corrected chi connectivity index (χ2v) is 7.35. The number of benzene rings is 2. The molecule has 4 rings (SSSR count). The van der Waals surface area contributed by atoms with Gasteiger partial charge in [-0.3, -0.25) is 5.10 Å². The lowest BCUT2D eigenvalue weighted by Crippen LogP contribution is -1.98. The largest absolute Gasteiger partial charge is 0.487 e. The Morgan fingerprint density at radius 1 is 1.13 bits per heavy atom. The fourth-order valence-corrected chi connectivity index (χ4v) is 3.28. The number of aromatic nitrogens is 3. The number of fused-ring (bicyclic) bond motifs is 1. The highest BCUT2D eigenvalue weighted by molar-refractivity contribution is 6.33. The van der Waals surface area contributed by atoms with Gasteiger partial charge in [0, 0.05) is 16.5 Å². The highest BCUT2D eigenvalue weighted by atomic mass is 35.5. The Balaban J connectivity index is 1.58. The van der Waals surface area contributed by atoms with Crippen molar-refractivity contribution in [3.63, 3.8) is 0 Å². The predicted molar refractivity (Wildman–Crippen MR) is 115 cm³/mol. The van der Waals surface area contributed by atoms with E-state index in [1.165, 1.54) is 0 Å². The number of aromatic amines is 1. The first kappa shape index (κ1) is 19.8. The number of hydrogen-bond donors (Lipinski definition) is 2. The van der Waals surface area contributed by atoms with Crippen molar-refractivity contribution in [3.05, 3.63) is 69.3 Å². The van der Waals surface area contributed by atoms with Gasteiger partial charge in [-0.05, 0) is 48.9 Å². The van der Waals surface area contributed by atoms with E-state index in [4.69, 9.17) is 43.7 Å². The van der Waals surface area contributed by atoms with Gasteiger partial charge in [0.2, 0.25) is 0 Å². The molecule has 4 aromatic rings. The van der Waals surface area contributed by atoms with Gasteiger partial charge in [0.15, 0.2) is 5.65 Å². The fraction of sp³-hybridized carbons (Fsp3) is 0.0952. The first-order valence-corrected chi connectivity index (χ1v) is 9.59. The third-order valence-corrected chi connectivity index (χ3v) is 5.03. The van der Waals surface area contributed by atoms with Crippen LogP contribution in [0, 0.1) is 18.3 Å². The van der Waals surface area contributed by atoms with Crippen molar-refractivity contribution in [2.45, 2.75) is 13.5 Å². The quantitative estimate of drug-likeness (QED) is 0.430. The van der Waals surface area contributed by atoms with Crippen LogP contribution >= 0.6 is 23.2 Å². The lowest BCUT2D eigenvalue weighted by Gasteiger charge is -2.13. The second kappa shape index (κ2) is 8.11. The van der Waals surface area contributed by atoms with E-state index >= 15 is 0 Å². The summed E-state index contributed by atoms with van der Waals surface area (Å²) in [4.78, 5) is 4.17. The average molecular weight is 440 g/mol.